The highest BCUT2D eigenvalue weighted by Gasteiger charge is 2.11. The summed E-state index contributed by atoms with van der Waals surface area (Å²) in [5.41, 5.74) is 2.24. The second kappa shape index (κ2) is 11.8. The van der Waals surface area contributed by atoms with Gasteiger partial charge in [0.05, 0.1) is 7.11 Å². The first-order chi connectivity index (χ1) is 13.7. The Kier molecular flexibility index (Phi) is 9.08. The lowest BCUT2D eigenvalue weighted by molar-refractivity contribution is 0.132. The van der Waals surface area contributed by atoms with Crippen molar-refractivity contribution in [3.05, 3.63) is 58.6 Å². The molecular formula is C23H24ClNO3. The first kappa shape index (κ1) is 21.5. The van der Waals surface area contributed by atoms with Gasteiger partial charge in [0.25, 0.3) is 0 Å². The van der Waals surface area contributed by atoms with Gasteiger partial charge >= 0.3 is 0 Å². The highest BCUT2D eigenvalue weighted by molar-refractivity contribution is 6.30. The maximum Gasteiger partial charge on any atom is 0.166 e. The van der Waals surface area contributed by atoms with Crippen LogP contribution in [0.4, 0.5) is 0 Å². The topological polar surface area (TPSA) is 39.7 Å². The first-order valence-electron chi connectivity index (χ1n) is 8.94. The fourth-order valence-corrected chi connectivity index (χ4v) is 2.73. The quantitative estimate of drug-likeness (QED) is 0.485. The summed E-state index contributed by atoms with van der Waals surface area (Å²) in [5.74, 6) is 6.51. The van der Waals surface area contributed by atoms with E-state index in [1.54, 1.807) is 14.0 Å². The molecule has 0 aliphatic carbocycles. The summed E-state index contributed by atoms with van der Waals surface area (Å²) in [7, 11) is 1.61. The minimum Gasteiger partial charge on any atom is -0.493 e. The summed E-state index contributed by atoms with van der Waals surface area (Å²) in [5, 5.41) is 4.11. The van der Waals surface area contributed by atoms with Crippen LogP contribution in [-0.2, 0) is 17.6 Å². The Morgan fingerprint density at radius 3 is 2.54 bits per heavy atom. The molecule has 5 heteroatoms. The Hall–Kier alpha value is -2.79. The minimum absolute atomic E-state index is 0.208. The summed E-state index contributed by atoms with van der Waals surface area (Å²) in [4.78, 5) is 0. The third-order valence-corrected chi connectivity index (χ3v) is 4.21. The molecule has 0 saturated carbocycles. The molecule has 0 bridgehead atoms. The molecule has 2 aromatic rings. The van der Waals surface area contributed by atoms with E-state index in [9.17, 15) is 0 Å². The molecule has 0 radical (unpaired) electrons. The summed E-state index contributed by atoms with van der Waals surface area (Å²) in [6.45, 7) is 2.67. The maximum atomic E-state index is 5.95. The highest BCUT2D eigenvalue weighted by atomic mass is 35.5. The van der Waals surface area contributed by atoms with Crippen LogP contribution in [0.2, 0.25) is 5.02 Å². The van der Waals surface area contributed by atoms with Crippen molar-refractivity contribution in [3.8, 4) is 35.9 Å². The van der Waals surface area contributed by atoms with Gasteiger partial charge in [-0.2, -0.15) is 0 Å². The standard InChI is InChI=1S/C23H24ClNO3/c1-4-14-27-21-11-8-19(16-22(21)26-3)12-13-25-23(28-15-5-2)17-18-6-9-20(24)10-7-18/h1,6-11,16,23,25H,12-14,17H2,2-3H3. The van der Waals surface area contributed by atoms with Gasteiger partial charge < -0.3 is 14.2 Å². The van der Waals surface area contributed by atoms with Crippen LogP contribution >= 0.6 is 11.6 Å². The van der Waals surface area contributed by atoms with Gasteiger partial charge in [0.15, 0.2) is 17.7 Å². The lowest BCUT2D eigenvalue weighted by Gasteiger charge is -2.17. The number of methoxy groups -OCH3 is 1. The van der Waals surface area contributed by atoms with Gasteiger partial charge in [-0.25, -0.2) is 0 Å². The van der Waals surface area contributed by atoms with Gasteiger partial charge in [-0.05, 0) is 41.8 Å². The van der Waals surface area contributed by atoms with Crippen LogP contribution in [0.1, 0.15) is 18.1 Å². The molecule has 1 unspecified atom stereocenters. The Morgan fingerprint density at radius 2 is 1.86 bits per heavy atom. The van der Waals surface area contributed by atoms with Crippen molar-refractivity contribution in [1.82, 2.24) is 5.32 Å². The van der Waals surface area contributed by atoms with E-state index in [2.05, 4.69) is 23.3 Å². The van der Waals surface area contributed by atoms with E-state index in [1.807, 2.05) is 42.5 Å². The van der Waals surface area contributed by atoms with Crippen LogP contribution in [0.3, 0.4) is 0 Å². The molecule has 2 rings (SSSR count). The van der Waals surface area contributed by atoms with E-state index in [1.165, 1.54) is 0 Å². The molecule has 28 heavy (non-hydrogen) atoms. The molecule has 0 amide bonds. The third-order valence-electron chi connectivity index (χ3n) is 3.96. The smallest absolute Gasteiger partial charge is 0.166 e. The van der Waals surface area contributed by atoms with Crippen molar-refractivity contribution >= 4 is 11.6 Å². The maximum absolute atomic E-state index is 5.95. The Labute approximate surface area is 172 Å². The minimum atomic E-state index is -0.214. The summed E-state index contributed by atoms with van der Waals surface area (Å²) in [6, 6.07) is 13.5. The molecule has 0 aliphatic rings. The number of hydrogen-bond acceptors (Lipinski definition) is 4. The summed E-state index contributed by atoms with van der Waals surface area (Å²) >= 11 is 5.95. The van der Waals surface area contributed by atoms with Crippen LogP contribution in [0.15, 0.2) is 42.5 Å². The molecule has 4 nitrogen and oxygen atoms in total. The number of ether oxygens (including phenoxy) is 3. The van der Waals surface area contributed by atoms with Crippen molar-refractivity contribution in [2.24, 2.45) is 0 Å². The largest absolute Gasteiger partial charge is 0.493 e. The normalized spacial score (nSPS) is 10.9. The molecule has 146 valence electrons. The van der Waals surface area contributed by atoms with Crippen molar-refractivity contribution < 1.29 is 14.2 Å². The Bertz CT molecular complexity index is 847. The number of halogens is 1. The molecule has 0 aromatic heterocycles. The van der Waals surface area contributed by atoms with E-state index in [4.69, 9.17) is 32.2 Å². The molecule has 0 aliphatic heterocycles. The zero-order valence-electron chi connectivity index (χ0n) is 16.1. The van der Waals surface area contributed by atoms with E-state index in [0.29, 0.717) is 22.9 Å². The average molecular weight is 398 g/mol. The van der Waals surface area contributed by atoms with Crippen LogP contribution in [0.25, 0.3) is 0 Å². The number of rotatable bonds is 10. The van der Waals surface area contributed by atoms with Crippen molar-refractivity contribution in [2.75, 3.05) is 20.3 Å². The first-order valence-corrected chi connectivity index (χ1v) is 9.32. The summed E-state index contributed by atoms with van der Waals surface area (Å²) in [6.07, 6.45) is 9.19. The molecule has 2 aromatic carbocycles. The molecule has 0 saturated heterocycles. The van der Waals surface area contributed by atoms with Gasteiger partial charge in [-0.3, -0.25) is 5.32 Å². The van der Waals surface area contributed by atoms with Crippen molar-refractivity contribution in [3.63, 3.8) is 0 Å². The zero-order chi connectivity index (χ0) is 20.2. The van der Waals surface area contributed by atoms with Gasteiger partial charge in [-0.15, -0.1) is 6.42 Å². The molecule has 0 fully saturated rings. The van der Waals surface area contributed by atoms with E-state index >= 15 is 0 Å². The van der Waals surface area contributed by atoms with Gasteiger partial charge in [-0.1, -0.05) is 41.6 Å². The van der Waals surface area contributed by atoms with Crippen LogP contribution < -0.4 is 14.8 Å². The van der Waals surface area contributed by atoms with Crippen LogP contribution in [0, 0.1) is 24.4 Å². The molecule has 1 N–H and O–H groups in total. The van der Waals surface area contributed by atoms with Gasteiger partial charge in [0.2, 0.25) is 0 Å². The fourth-order valence-electron chi connectivity index (χ4n) is 2.60. The van der Waals surface area contributed by atoms with E-state index in [0.717, 1.165) is 24.1 Å². The lowest BCUT2D eigenvalue weighted by atomic mass is 10.1. The lowest BCUT2D eigenvalue weighted by Crippen LogP contribution is -2.34. The second-order valence-electron chi connectivity index (χ2n) is 5.97. The summed E-state index contributed by atoms with van der Waals surface area (Å²) < 4.78 is 16.5. The van der Waals surface area contributed by atoms with Crippen molar-refractivity contribution in [2.45, 2.75) is 26.0 Å². The highest BCUT2D eigenvalue weighted by Crippen LogP contribution is 2.28. The SMILES string of the molecule is C#CCOc1ccc(CCNC(Cc2ccc(Cl)cc2)OC#CC)cc1OC. The molecule has 1 atom stereocenters. The number of terminal acetylenes is 1. The van der Waals surface area contributed by atoms with E-state index in [-0.39, 0.29) is 12.8 Å². The zero-order valence-corrected chi connectivity index (χ0v) is 16.9. The molecular weight excluding hydrogens is 374 g/mol. The monoisotopic (exact) mass is 397 g/mol. The Balaban J connectivity index is 1.94. The average Bonchev–Trinajstić information content (AvgIpc) is 2.72. The molecule has 0 spiro atoms. The number of nitrogens with one attached hydrogen (secondary N) is 1. The number of benzene rings is 2. The Morgan fingerprint density at radius 1 is 1.11 bits per heavy atom. The predicted molar refractivity (Wildman–Crippen MR) is 113 cm³/mol. The van der Waals surface area contributed by atoms with Gasteiger partial charge in [0, 0.05) is 24.9 Å². The fraction of sp³-hybridized carbons (Fsp3) is 0.304. The van der Waals surface area contributed by atoms with Crippen LogP contribution in [-0.4, -0.2) is 26.5 Å². The van der Waals surface area contributed by atoms with Crippen molar-refractivity contribution in [1.29, 1.82) is 0 Å². The molecule has 0 heterocycles. The third kappa shape index (κ3) is 7.08. The second-order valence-corrected chi connectivity index (χ2v) is 6.41. The van der Waals surface area contributed by atoms with Gasteiger partial charge in [0.1, 0.15) is 12.7 Å². The number of hydrogen-bond donors (Lipinski definition) is 1. The van der Waals surface area contributed by atoms with E-state index < -0.39 is 0 Å². The predicted octanol–water partition coefficient (Wildman–Crippen LogP) is 4.06. The van der Waals surface area contributed by atoms with Crippen LogP contribution in [0.5, 0.6) is 11.5 Å².